The van der Waals surface area contributed by atoms with Gasteiger partial charge in [-0.3, -0.25) is 14.9 Å². The summed E-state index contributed by atoms with van der Waals surface area (Å²) in [6.07, 6.45) is 1.21. The third kappa shape index (κ3) is 4.66. The number of rotatable bonds is 7. The normalized spacial score (nSPS) is 12.0. The average molecular weight is 365 g/mol. The van der Waals surface area contributed by atoms with E-state index in [2.05, 4.69) is 5.32 Å². The van der Waals surface area contributed by atoms with Gasteiger partial charge in [-0.15, -0.1) is 11.3 Å². The minimum Gasteiger partial charge on any atom is -0.451 e. The summed E-state index contributed by atoms with van der Waals surface area (Å²) in [4.78, 5) is 35.3. The van der Waals surface area contributed by atoms with Crippen LogP contribution in [0.25, 0.3) is 0 Å². The number of nitrogens with one attached hydrogen (secondary N) is 1. The smallest absolute Gasteiger partial charge is 0.355 e. The van der Waals surface area contributed by atoms with E-state index < -0.39 is 23.4 Å². The van der Waals surface area contributed by atoms with E-state index >= 15 is 0 Å². The molecule has 134 valence electrons. The molecule has 8 nitrogen and oxygen atoms in total. The molecule has 0 saturated heterocycles. The molecule has 2 aromatic heterocycles. The highest BCUT2D eigenvalue weighted by Crippen LogP contribution is 2.25. The van der Waals surface area contributed by atoms with Crippen molar-refractivity contribution in [2.45, 2.75) is 19.9 Å². The number of thiophene rings is 1. The third-order valence-corrected chi connectivity index (χ3v) is 4.53. The predicted molar refractivity (Wildman–Crippen MR) is 92.4 cm³/mol. The summed E-state index contributed by atoms with van der Waals surface area (Å²) < 4.78 is 6.26. The van der Waals surface area contributed by atoms with Crippen molar-refractivity contribution in [3.8, 4) is 0 Å². The van der Waals surface area contributed by atoms with Crippen LogP contribution in [0.2, 0.25) is 0 Å². The fraction of sp³-hybridized carbons (Fsp3) is 0.375. The summed E-state index contributed by atoms with van der Waals surface area (Å²) in [6, 6.07) is 4.79. The molecular formula is C16H19N3O5S. The number of ether oxygens (including phenoxy) is 1. The highest BCUT2D eigenvalue weighted by molar-refractivity contribution is 7.10. The largest absolute Gasteiger partial charge is 0.451 e. The summed E-state index contributed by atoms with van der Waals surface area (Å²) >= 11 is 1.54. The van der Waals surface area contributed by atoms with Crippen LogP contribution in [-0.4, -0.2) is 28.0 Å². The van der Waals surface area contributed by atoms with Gasteiger partial charge in [0.1, 0.15) is 5.69 Å². The molecule has 1 amide bonds. The van der Waals surface area contributed by atoms with Gasteiger partial charge in [-0.25, -0.2) is 4.79 Å². The van der Waals surface area contributed by atoms with Crippen LogP contribution in [0.3, 0.4) is 0 Å². The van der Waals surface area contributed by atoms with E-state index in [1.54, 1.807) is 11.3 Å². The lowest BCUT2D eigenvalue weighted by molar-refractivity contribution is -0.384. The maximum absolute atomic E-state index is 12.1. The van der Waals surface area contributed by atoms with Gasteiger partial charge in [0.2, 0.25) is 0 Å². The van der Waals surface area contributed by atoms with E-state index in [9.17, 15) is 19.7 Å². The Bertz CT molecular complexity index is 767. The molecule has 0 aliphatic carbocycles. The molecule has 2 rings (SSSR count). The highest BCUT2D eigenvalue weighted by atomic mass is 32.1. The molecule has 0 spiro atoms. The van der Waals surface area contributed by atoms with Crippen molar-refractivity contribution in [2.24, 2.45) is 13.0 Å². The minimum atomic E-state index is -0.789. The first-order valence-corrected chi connectivity index (χ1v) is 8.48. The van der Waals surface area contributed by atoms with Crippen LogP contribution in [0, 0.1) is 16.0 Å². The number of nitrogens with zero attached hydrogens (tertiary/aromatic N) is 2. The molecule has 0 bridgehead atoms. The summed E-state index contributed by atoms with van der Waals surface area (Å²) in [5.74, 6) is -1.04. The van der Waals surface area contributed by atoms with Crippen LogP contribution in [0.15, 0.2) is 29.8 Å². The topological polar surface area (TPSA) is 103 Å². The number of amides is 1. The van der Waals surface area contributed by atoms with E-state index in [0.717, 1.165) is 10.9 Å². The van der Waals surface area contributed by atoms with Gasteiger partial charge in [-0.05, 0) is 17.4 Å². The van der Waals surface area contributed by atoms with E-state index in [1.165, 1.54) is 17.8 Å². The summed E-state index contributed by atoms with van der Waals surface area (Å²) in [7, 11) is 1.50. The number of hydrogen-bond donors (Lipinski definition) is 1. The quantitative estimate of drug-likeness (QED) is 0.461. The lowest BCUT2D eigenvalue weighted by Crippen LogP contribution is -2.34. The average Bonchev–Trinajstić information content (AvgIpc) is 3.19. The zero-order valence-electron chi connectivity index (χ0n) is 14.1. The van der Waals surface area contributed by atoms with E-state index in [0.29, 0.717) is 0 Å². The van der Waals surface area contributed by atoms with E-state index in [4.69, 9.17) is 4.74 Å². The molecule has 1 atom stereocenters. The van der Waals surface area contributed by atoms with Gasteiger partial charge in [-0.2, -0.15) is 0 Å². The number of aryl methyl sites for hydroxylation is 1. The Morgan fingerprint density at radius 2 is 2.16 bits per heavy atom. The summed E-state index contributed by atoms with van der Waals surface area (Å²) in [5, 5.41) is 15.5. The molecule has 0 aromatic carbocycles. The maximum atomic E-state index is 12.1. The van der Waals surface area contributed by atoms with Gasteiger partial charge < -0.3 is 14.6 Å². The standard InChI is InChI=1S/C16H19N3O5S/c1-10(2)15(13-5-4-6-25-13)17-14(20)9-24-16(21)12-7-11(19(22)23)8-18(12)3/h4-8,10,15H,9H2,1-3H3,(H,17,20). The first-order chi connectivity index (χ1) is 11.8. The second-order valence-corrected chi connectivity index (χ2v) is 6.81. The zero-order valence-corrected chi connectivity index (χ0v) is 14.9. The molecule has 2 heterocycles. The SMILES string of the molecule is CC(C)C(NC(=O)COC(=O)c1cc([N+](=O)[O-])cn1C)c1cccs1. The van der Waals surface area contributed by atoms with Gasteiger partial charge in [-0.1, -0.05) is 19.9 Å². The van der Waals surface area contributed by atoms with Gasteiger partial charge in [0.25, 0.3) is 11.6 Å². The molecule has 0 saturated carbocycles. The monoisotopic (exact) mass is 365 g/mol. The fourth-order valence-electron chi connectivity index (χ4n) is 2.30. The Morgan fingerprint density at radius 1 is 1.44 bits per heavy atom. The third-order valence-electron chi connectivity index (χ3n) is 3.58. The number of aromatic nitrogens is 1. The van der Waals surface area contributed by atoms with Crippen molar-refractivity contribution >= 4 is 28.9 Å². The van der Waals surface area contributed by atoms with Gasteiger partial charge in [0.15, 0.2) is 6.61 Å². The molecular weight excluding hydrogens is 346 g/mol. The van der Waals surface area contributed by atoms with Crippen molar-refractivity contribution in [1.29, 1.82) is 0 Å². The van der Waals surface area contributed by atoms with Gasteiger partial charge in [0.05, 0.1) is 17.2 Å². The predicted octanol–water partition coefficient (Wildman–Crippen LogP) is 2.67. The van der Waals surface area contributed by atoms with Crippen LogP contribution in [0.5, 0.6) is 0 Å². The second-order valence-electron chi connectivity index (χ2n) is 5.83. The highest BCUT2D eigenvalue weighted by Gasteiger charge is 2.22. The van der Waals surface area contributed by atoms with Crippen molar-refractivity contribution in [2.75, 3.05) is 6.61 Å². The molecule has 2 aromatic rings. The second kappa shape index (κ2) is 7.93. The molecule has 0 aliphatic rings. The summed E-state index contributed by atoms with van der Waals surface area (Å²) in [6.45, 7) is 3.52. The number of esters is 1. The fourth-order valence-corrected chi connectivity index (χ4v) is 3.25. The molecule has 1 N–H and O–H groups in total. The van der Waals surface area contributed by atoms with Crippen molar-refractivity contribution < 1.29 is 19.2 Å². The number of carbonyl (C=O) groups is 2. The lowest BCUT2D eigenvalue weighted by Gasteiger charge is -2.21. The van der Waals surface area contributed by atoms with Crippen LogP contribution in [-0.2, 0) is 16.6 Å². The Hall–Kier alpha value is -2.68. The first-order valence-electron chi connectivity index (χ1n) is 7.60. The zero-order chi connectivity index (χ0) is 18.6. The Kier molecular flexibility index (Phi) is 5.92. The number of nitro groups is 1. The van der Waals surface area contributed by atoms with Crippen LogP contribution < -0.4 is 5.32 Å². The molecule has 9 heteroatoms. The Morgan fingerprint density at radius 3 is 2.68 bits per heavy atom. The van der Waals surface area contributed by atoms with Crippen LogP contribution in [0.1, 0.15) is 35.3 Å². The number of carbonyl (C=O) groups excluding carboxylic acids is 2. The van der Waals surface area contributed by atoms with E-state index in [1.807, 2.05) is 31.4 Å². The minimum absolute atomic E-state index is 0.0122. The summed E-state index contributed by atoms with van der Waals surface area (Å²) in [5.41, 5.74) is -0.199. The first kappa shape index (κ1) is 18.7. The molecule has 0 radical (unpaired) electrons. The lowest BCUT2D eigenvalue weighted by atomic mass is 10.0. The van der Waals surface area contributed by atoms with Crippen molar-refractivity contribution in [3.05, 3.63) is 50.5 Å². The molecule has 25 heavy (non-hydrogen) atoms. The van der Waals surface area contributed by atoms with E-state index in [-0.39, 0.29) is 23.3 Å². The van der Waals surface area contributed by atoms with Crippen molar-refractivity contribution in [3.63, 3.8) is 0 Å². The Labute approximate surface area is 148 Å². The molecule has 0 aliphatic heterocycles. The maximum Gasteiger partial charge on any atom is 0.355 e. The molecule has 0 fully saturated rings. The van der Waals surface area contributed by atoms with Crippen molar-refractivity contribution in [1.82, 2.24) is 9.88 Å². The van der Waals surface area contributed by atoms with Crippen LogP contribution in [0.4, 0.5) is 5.69 Å². The van der Waals surface area contributed by atoms with Crippen LogP contribution >= 0.6 is 11.3 Å². The Balaban J connectivity index is 1.95. The van der Waals surface area contributed by atoms with Gasteiger partial charge >= 0.3 is 5.97 Å². The molecule has 1 unspecified atom stereocenters. The van der Waals surface area contributed by atoms with Gasteiger partial charge in [0, 0.05) is 18.0 Å². The number of hydrogen-bond acceptors (Lipinski definition) is 6.